The van der Waals surface area contributed by atoms with Crippen LogP contribution in [-0.4, -0.2) is 11.7 Å². The van der Waals surface area contributed by atoms with Crippen LogP contribution in [-0.2, 0) is 0 Å². The number of unbranched alkanes of at least 4 members (excludes halogenated alkanes) is 2. The molecule has 1 aromatic carbocycles. The molecule has 2 aliphatic rings. The van der Waals surface area contributed by atoms with Gasteiger partial charge in [-0.3, -0.25) is 0 Å². The lowest BCUT2D eigenvalue weighted by Gasteiger charge is -2.27. The summed E-state index contributed by atoms with van der Waals surface area (Å²) in [6.07, 6.45) is 8.58. The van der Waals surface area contributed by atoms with Crippen LogP contribution in [0.5, 0.6) is 11.5 Å². The van der Waals surface area contributed by atoms with Crippen molar-refractivity contribution in [3.05, 3.63) is 28.8 Å². The maximum absolute atomic E-state index is 11.0. The molecule has 1 heterocycles. The van der Waals surface area contributed by atoms with Crippen LogP contribution in [0.3, 0.4) is 0 Å². The van der Waals surface area contributed by atoms with Crippen molar-refractivity contribution >= 4 is 5.57 Å². The number of allylic oxidation sites excluding steroid dienone is 1. The molecule has 0 spiro atoms. The predicted octanol–water partition coefficient (Wildman–Crippen LogP) is 7.31. The van der Waals surface area contributed by atoms with Crippen molar-refractivity contribution in [3.63, 3.8) is 0 Å². The Labute approximate surface area is 166 Å². The molecule has 0 radical (unpaired) electrons. The maximum atomic E-state index is 11.0. The first-order valence-electron chi connectivity index (χ1n) is 11.1. The van der Waals surface area contributed by atoms with Gasteiger partial charge >= 0.3 is 0 Å². The minimum absolute atomic E-state index is 0.422. The highest BCUT2D eigenvalue weighted by Gasteiger charge is 2.30. The number of benzene rings is 1. The Kier molecular flexibility index (Phi) is 6.55. The number of hydrogen-bond donors (Lipinski definition) is 1. The molecule has 4 atom stereocenters. The molecule has 1 N–H and O–H groups in total. The first-order valence-corrected chi connectivity index (χ1v) is 11.1. The SMILES string of the molecule is CCCCCC(C)C(C)c1cc(O)c2c(c1)OCC(C)C1=C2CC(C)CC1. The van der Waals surface area contributed by atoms with E-state index in [1.54, 1.807) is 0 Å². The lowest BCUT2D eigenvalue weighted by Crippen LogP contribution is -2.14. The topological polar surface area (TPSA) is 29.5 Å². The van der Waals surface area contributed by atoms with E-state index < -0.39 is 0 Å². The van der Waals surface area contributed by atoms with E-state index in [-0.39, 0.29) is 0 Å². The summed E-state index contributed by atoms with van der Waals surface area (Å²) in [4.78, 5) is 0. The first kappa shape index (κ1) is 20.3. The van der Waals surface area contributed by atoms with Gasteiger partial charge in [-0.05, 0) is 60.3 Å². The Hall–Kier alpha value is -1.44. The summed E-state index contributed by atoms with van der Waals surface area (Å²) in [6, 6.07) is 4.24. The Morgan fingerprint density at radius 1 is 1.19 bits per heavy atom. The second-order valence-corrected chi connectivity index (χ2v) is 9.24. The molecule has 1 aliphatic heterocycles. The number of rotatable bonds is 6. The first-order chi connectivity index (χ1) is 12.9. The number of phenols is 1. The number of phenolic OH excluding ortho intramolecular Hbond substituents is 1. The molecule has 0 fully saturated rings. The zero-order chi connectivity index (χ0) is 19.6. The maximum Gasteiger partial charge on any atom is 0.130 e. The second kappa shape index (κ2) is 8.71. The average molecular weight is 371 g/mol. The largest absolute Gasteiger partial charge is 0.507 e. The number of aromatic hydroxyl groups is 1. The fourth-order valence-electron chi connectivity index (χ4n) is 4.85. The lowest BCUT2D eigenvalue weighted by atomic mass is 9.77. The smallest absolute Gasteiger partial charge is 0.130 e. The molecule has 0 saturated heterocycles. The summed E-state index contributed by atoms with van der Waals surface area (Å²) in [5.74, 6) is 3.49. The molecule has 1 aromatic rings. The molecule has 0 saturated carbocycles. The fraction of sp³-hybridized carbons (Fsp3) is 0.680. The summed E-state index contributed by atoms with van der Waals surface area (Å²) in [5.41, 5.74) is 5.07. The highest BCUT2D eigenvalue weighted by molar-refractivity contribution is 5.79. The van der Waals surface area contributed by atoms with E-state index in [9.17, 15) is 5.11 Å². The quantitative estimate of drug-likeness (QED) is 0.532. The van der Waals surface area contributed by atoms with E-state index in [0.29, 0.717) is 29.4 Å². The van der Waals surface area contributed by atoms with Crippen LogP contribution in [0, 0.1) is 17.8 Å². The molecule has 3 rings (SSSR count). The Balaban J connectivity index is 1.92. The van der Waals surface area contributed by atoms with Crippen molar-refractivity contribution in [2.75, 3.05) is 6.61 Å². The molecule has 4 unspecified atom stereocenters. The molecular weight excluding hydrogens is 332 g/mol. The highest BCUT2D eigenvalue weighted by atomic mass is 16.5. The van der Waals surface area contributed by atoms with E-state index in [1.165, 1.54) is 48.8 Å². The Morgan fingerprint density at radius 2 is 1.96 bits per heavy atom. The van der Waals surface area contributed by atoms with Crippen molar-refractivity contribution in [1.82, 2.24) is 0 Å². The zero-order valence-corrected chi connectivity index (χ0v) is 18.0. The molecule has 0 aromatic heterocycles. The van der Waals surface area contributed by atoms with Crippen LogP contribution in [0.4, 0.5) is 0 Å². The third-order valence-electron chi connectivity index (χ3n) is 6.98. The van der Waals surface area contributed by atoms with Gasteiger partial charge in [-0.15, -0.1) is 0 Å². The van der Waals surface area contributed by atoms with Crippen LogP contribution in [0.1, 0.15) is 96.6 Å². The van der Waals surface area contributed by atoms with Crippen molar-refractivity contribution < 1.29 is 9.84 Å². The Bertz CT molecular complexity index is 688. The molecule has 2 heteroatoms. The van der Waals surface area contributed by atoms with Gasteiger partial charge in [0.1, 0.15) is 11.5 Å². The zero-order valence-electron chi connectivity index (χ0n) is 18.0. The minimum atomic E-state index is 0.422. The number of ether oxygens (including phenoxy) is 1. The van der Waals surface area contributed by atoms with E-state index in [0.717, 1.165) is 30.8 Å². The van der Waals surface area contributed by atoms with Gasteiger partial charge < -0.3 is 9.84 Å². The van der Waals surface area contributed by atoms with Gasteiger partial charge in [0.25, 0.3) is 0 Å². The molecule has 27 heavy (non-hydrogen) atoms. The van der Waals surface area contributed by atoms with Crippen LogP contribution < -0.4 is 4.74 Å². The summed E-state index contributed by atoms with van der Waals surface area (Å²) >= 11 is 0. The molecule has 0 bridgehead atoms. The van der Waals surface area contributed by atoms with Crippen molar-refractivity contribution in [1.29, 1.82) is 0 Å². The molecular formula is C25H38O2. The van der Waals surface area contributed by atoms with Crippen molar-refractivity contribution in [2.24, 2.45) is 17.8 Å². The highest BCUT2D eigenvalue weighted by Crippen LogP contribution is 2.48. The fourth-order valence-corrected chi connectivity index (χ4v) is 4.85. The van der Waals surface area contributed by atoms with Crippen molar-refractivity contribution in [3.8, 4) is 11.5 Å². The molecule has 0 amide bonds. The Morgan fingerprint density at radius 3 is 2.70 bits per heavy atom. The van der Waals surface area contributed by atoms with E-state index in [4.69, 9.17) is 4.74 Å². The third kappa shape index (κ3) is 4.36. The van der Waals surface area contributed by atoms with Crippen LogP contribution >= 0.6 is 0 Å². The second-order valence-electron chi connectivity index (χ2n) is 9.24. The van der Waals surface area contributed by atoms with Crippen LogP contribution in [0.25, 0.3) is 5.57 Å². The van der Waals surface area contributed by atoms with E-state index in [2.05, 4.69) is 40.7 Å². The third-order valence-corrected chi connectivity index (χ3v) is 6.98. The lowest BCUT2D eigenvalue weighted by molar-refractivity contribution is 0.276. The van der Waals surface area contributed by atoms with Gasteiger partial charge in [-0.1, -0.05) is 65.9 Å². The average Bonchev–Trinajstić information content (AvgIpc) is 2.78. The number of hydrogen-bond acceptors (Lipinski definition) is 2. The molecule has 1 aliphatic carbocycles. The number of fused-ring (bicyclic) bond motifs is 2. The van der Waals surface area contributed by atoms with Gasteiger partial charge in [-0.25, -0.2) is 0 Å². The standard InChI is InChI=1S/C25H38O2/c1-6-7-8-9-17(3)19(5)20-13-23(26)25-22-12-16(2)10-11-21(22)18(4)15-27-24(25)14-20/h13-14,16-19,26H,6-12,15H2,1-5H3. The molecule has 150 valence electrons. The normalized spacial score (nSPS) is 24.5. The predicted molar refractivity (Wildman–Crippen MR) is 114 cm³/mol. The minimum Gasteiger partial charge on any atom is -0.507 e. The summed E-state index contributed by atoms with van der Waals surface area (Å²) < 4.78 is 6.24. The van der Waals surface area contributed by atoms with Crippen LogP contribution in [0.15, 0.2) is 17.7 Å². The molecule has 2 nitrogen and oxygen atoms in total. The van der Waals surface area contributed by atoms with Gasteiger partial charge in [0.05, 0.1) is 12.2 Å². The van der Waals surface area contributed by atoms with Crippen molar-refractivity contribution in [2.45, 2.75) is 85.5 Å². The van der Waals surface area contributed by atoms with Crippen LogP contribution in [0.2, 0.25) is 0 Å². The monoisotopic (exact) mass is 370 g/mol. The summed E-state index contributed by atoms with van der Waals surface area (Å²) in [5, 5.41) is 11.0. The van der Waals surface area contributed by atoms with Gasteiger partial charge in [-0.2, -0.15) is 0 Å². The van der Waals surface area contributed by atoms with Gasteiger partial charge in [0.15, 0.2) is 0 Å². The van der Waals surface area contributed by atoms with Gasteiger partial charge in [0, 0.05) is 5.92 Å². The summed E-state index contributed by atoms with van der Waals surface area (Å²) in [7, 11) is 0. The van der Waals surface area contributed by atoms with Gasteiger partial charge in [0.2, 0.25) is 0 Å². The van der Waals surface area contributed by atoms with E-state index >= 15 is 0 Å². The van der Waals surface area contributed by atoms with E-state index in [1.807, 2.05) is 6.07 Å². The summed E-state index contributed by atoms with van der Waals surface area (Å²) in [6.45, 7) is 12.2.